The van der Waals surface area contributed by atoms with Crippen molar-refractivity contribution in [1.82, 2.24) is 19.8 Å². The zero-order valence-electron chi connectivity index (χ0n) is 16.4. The van der Waals surface area contributed by atoms with Crippen molar-refractivity contribution in [2.45, 2.75) is 12.5 Å². The van der Waals surface area contributed by atoms with Crippen molar-refractivity contribution in [3.63, 3.8) is 0 Å². The zero-order valence-corrected chi connectivity index (χ0v) is 16.4. The lowest BCUT2D eigenvalue weighted by Gasteiger charge is -2.15. The third-order valence-electron chi connectivity index (χ3n) is 4.83. The van der Waals surface area contributed by atoms with Crippen LogP contribution in [0.15, 0.2) is 83.6 Å². The molecule has 1 amide bonds. The van der Waals surface area contributed by atoms with Crippen LogP contribution in [-0.4, -0.2) is 32.8 Å². The van der Waals surface area contributed by atoms with Gasteiger partial charge in [0.15, 0.2) is 0 Å². The Bertz CT molecular complexity index is 1050. The largest absolute Gasteiger partial charge is 0.351 e. The van der Waals surface area contributed by atoms with E-state index in [1.54, 1.807) is 28.9 Å². The summed E-state index contributed by atoms with van der Waals surface area (Å²) in [5, 5.41) is 8.38. The summed E-state index contributed by atoms with van der Waals surface area (Å²) in [7, 11) is 3.59. The highest BCUT2D eigenvalue weighted by molar-refractivity contribution is 5.91. The highest BCUT2D eigenvalue weighted by Crippen LogP contribution is 2.31. The molecular weight excluding hydrogens is 364 g/mol. The van der Waals surface area contributed by atoms with E-state index in [1.807, 2.05) is 49.6 Å². The topological polar surface area (TPSA) is 64.2 Å². The summed E-state index contributed by atoms with van der Waals surface area (Å²) in [5.74, 6) is -0.0953. The van der Waals surface area contributed by atoms with Gasteiger partial charge < -0.3 is 9.42 Å². The first-order valence-electron chi connectivity index (χ1n) is 9.41. The molecule has 2 aromatic heterocycles. The summed E-state index contributed by atoms with van der Waals surface area (Å²) >= 11 is 0. The fourth-order valence-electron chi connectivity index (χ4n) is 3.44. The van der Waals surface area contributed by atoms with Crippen LogP contribution in [0.4, 0.5) is 0 Å². The van der Waals surface area contributed by atoms with E-state index in [1.165, 1.54) is 0 Å². The number of hydrogen-bond acceptors (Lipinski definition) is 4. The lowest BCUT2D eigenvalue weighted by molar-refractivity contribution is 0.0743. The molecule has 6 heteroatoms. The number of rotatable bonds is 6. The number of amides is 1. The maximum atomic E-state index is 12.8. The molecule has 0 aliphatic rings. The van der Waals surface area contributed by atoms with Crippen LogP contribution in [-0.2, 0) is 13.6 Å². The molecule has 6 nitrogen and oxygen atoms in total. The third kappa shape index (κ3) is 4.11. The number of carbonyl (C=O) groups excluding carboxylic acids is 1. The molecule has 0 radical (unpaired) electrons. The van der Waals surface area contributed by atoms with E-state index in [0.29, 0.717) is 12.2 Å². The van der Waals surface area contributed by atoms with E-state index in [0.717, 1.165) is 16.7 Å². The predicted octanol–water partition coefficient (Wildman–Crippen LogP) is 3.86. The van der Waals surface area contributed by atoms with Crippen LogP contribution in [0.5, 0.6) is 0 Å². The quantitative estimate of drug-likeness (QED) is 0.505. The fraction of sp³-hybridized carbons (Fsp3) is 0.174. The summed E-state index contributed by atoms with van der Waals surface area (Å²) in [6.45, 7) is 0.448. The minimum Gasteiger partial charge on any atom is -0.351 e. The molecule has 0 saturated carbocycles. The van der Waals surface area contributed by atoms with Gasteiger partial charge in [-0.2, -0.15) is 5.10 Å². The van der Waals surface area contributed by atoms with E-state index in [9.17, 15) is 4.79 Å². The first-order chi connectivity index (χ1) is 14.1. The molecule has 4 rings (SSSR count). The van der Waals surface area contributed by atoms with Gasteiger partial charge in [-0.05, 0) is 11.1 Å². The van der Waals surface area contributed by atoms with Crippen LogP contribution in [0, 0.1) is 0 Å². The number of aromatic nitrogens is 3. The molecular formula is C23H22N4O2. The average Bonchev–Trinajstić information content (AvgIpc) is 3.38. The number of hydrogen-bond donors (Lipinski definition) is 0. The van der Waals surface area contributed by atoms with Crippen LogP contribution >= 0.6 is 0 Å². The van der Waals surface area contributed by atoms with Gasteiger partial charge in [0.05, 0.1) is 17.8 Å². The SMILES string of the molecule is CN(Cc1cnn(C)c1)C(=O)c1cc(C(c2ccccc2)c2ccccc2)no1. The summed E-state index contributed by atoms with van der Waals surface area (Å²) in [4.78, 5) is 14.4. The van der Waals surface area contributed by atoms with Crippen molar-refractivity contribution in [1.29, 1.82) is 0 Å². The van der Waals surface area contributed by atoms with Gasteiger partial charge in [0.25, 0.3) is 5.91 Å². The highest BCUT2D eigenvalue weighted by atomic mass is 16.5. The smallest absolute Gasteiger partial charge is 0.292 e. The Morgan fingerprint density at radius 1 is 1.07 bits per heavy atom. The van der Waals surface area contributed by atoms with Crippen LogP contribution in [0.25, 0.3) is 0 Å². The van der Waals surface area contributed by atoms with Crippen molar-refractivity contribution in [2.75, 3.05) is 7.05 Å². The summed E-state index contributed by atoms with van der Waals surface area (Å²) in [5.41, 5.74) is 3.85. The van der Waals surface area contributed by atoms with Gasteiger partial charge in [-0.15, -0.1) is 0 Å². The normalized spacial score (nSPS) is 11.0. The maximum Gasteiger partial charge on any atom is 0.292 e. The van der Waals surface area contributed by atoms with E-state index in [4.69, 9.17) is 4.52 Å². The Morgan fingerprint density at radius 3 is 2.24 bits per heavy atom. The first kappa shape index (κ1) is 18.7. The zero-order chi connectivity index (χ0) is 20.2. The second kappa shape index (κ2) is 8.14. The second-order valence-corrected chi connectivity index (χ2v) is 7.05. The van der Waals surface area contributed by atoms with Gasteiger partial charge in [-0.25, -0.2) is 0 Å². The Balaban J connectivity index is 1.61. The van der Waals surface area contributed by atoms with Gasteiger partial charge in [-0.1, -0.05) is 65.8 Å². The van der Waals surface area contributed by atoms with Crippen molar-refractivity contribution in [3.8, 4) is 0 Å². The molecule has 29 heavy (non-hydrogen) atoms. The number of benzene rings is 2. The number of aryl methyl sites for hydroxylation is 1. The Labute approximate surface area is 169 Å². The Kier molecular flexibility index (Phi) is 5.24. The molecule has 0 saturated heterocycles. The lowest BCUT2D eigenvalue weighted by atomic mass is 9.88. The van der Waals surface area contributed by atoms with Gasteiger partial charge in [-0.3, -0.25) is 9.48 Å². The average molecular weight is 386 g/mol. The van der Waals surface area contributed by atoms with E-state index < -0.39 is 0 Å². The maximum absolute atomic E-state index is 12.8. The molecule has 0 bridgehead atoms. The Morgan fingerprint density at radius 2 is 1.69 bits per heavy atom. The number of nitrogens with zero attached hydrogens (tertiary/aromatic N) is 4. The predicted molar refractivity (Wildman–Crippen MR) is 109 cm³/mol. The molecule has 0 aliphatic carbocycles. The van der Waals surface area contributed by atoms with E-state index in [-0.39, 0.29) is 17.6 Å². The van der Waals surface area contributed by atoms with Gasteiger partial charge >= 0.3 is 0 Å². The first-order valence-corrected chi connectivity index (χ1v) is 9.41. The van der Waals surface area contributed by atoms with Gasteiger partial charge in [0, 0.05) is 38.5 Å². The lowest BCUT2D eigenvalue weighted by Crippen LogP contribution is -2.25. The molecule has 146 valence electrons. The van der Waals surface area contributed by atoms with Crippen molar-refractivity contribution in [3.05, 3.63) is 107 Å². The summed E-state index contributed by atoms with van der Waals surface area (Å²) in [6.07, 6.45) is 3.63. The Hall–Kier alpha value is -3.67. The minimum absolute atomic E-state index is 0.105. The van der Waals surface area contributed by atoms with Crippen LogP contribution in [0.1, 0.15) is 38.9 Å². The molecule has 2 heterocycles. The molecule has 0 atom stereocenters. The monoisotopic (exact) mass is 386 g/mol. The molecule has 4 aromatic rings. The molecule has 2 aromatic carbocycles. The second-order valence-electron chi connectivity index (χ2n) is 7.05. The summed E-state index contributed by atoms with van der Waals surface area (Å²) < 4.78 is 7.17. The fourth-order valence-corrected chi connectivity index (χ4v) is 3.44. The highest BCUT2D eigenvalue weighted by Gasteiger charge is 2.24. The van der Waals surface area contributed by atoms with E-state index >= 15 is 0 Å². The van der Waals surface area contributed by atoms with Crippen molar-refractivity contribution in [2.24, 2.45) is 7.05 Å². The third-order valence-corrected chi connectivity index (χ3v) is 4.83. The molecule has 0 unspecified atom stereocenters. The van der Waals surface area contributed by atoms with Crippen LogP contribution in [0.3, 0.4) is 0 Å². The number of carbonyl (C=O) groups is 1. The van der Waals surface area contributed by atoms with Gasteiger partial charge in [0.1, 0.15) is 0 Å². The van der Waals surface area contributed by atoms with Crippen LogP contribution in [0.2, 0.25) is 0 Å². The molecule has 0 spiro atoms. The van der Waals surface area contributed by atoms with Crippen molar-refractivity contribution < 1.29 is 9.32 Å². The molecule has 0 fully saturated rings. The summed E-state index contributed by atoms with van der Waals surface area (Å²) in [6, 6.07) is 21.9. The minimum atomic E-state index is -0.215. The molecule has 0 aliphatic heterocycles. The van der Waals surface area contributed by atoms with E-state index in [2.05, 4.69) is 34.5 Å². The molecule has 0 N–H and O–H groups in total. The van der Waals surface area contributed by atoms with Crippen molar-refractivity contribution >= 4 is 5.91 Å². The van der Waals surface area contributed by atoms with Crippen LogP contribution < -0.4 is 0 Å². The van der Waals surface area contributed by atoms with Gasteiger partial charge in [0.2, 0.25) is 5.76 Å². The standard InChI is InChI=1S/C23H22N4O2/c1-26(15-17-14-24-27(2)16-17)23(28)21-13-20(25-29-21)22(18-9-5-3-6-10-18)19-11-7-4-8-12-19/h3-14,16,22H,15H2,1-2H3.